The first-order valence-electron chi connectivity index (χ1n) is 7.82. The summed E-state index contributed by atoms with van der Waals surface area (Å²) in [6.45, 7) is 1.92. The number of allylic oxidation sites excluding steroid dienone is 2. The number of halogens is 2. The summed E-state index contributed by atoms with van der Waals surface area (Å²) < 4.78 is 11.5. The Morgan fingerprint density at radius 1 is 1.16 bits per heavy atom. The van der Waals surface area contributed by atoms with Crippen molar-refractivity contribution in [3.05, 3.63) is 75.2 Å². The molecule has 0 spiro atoms. The van der Waals surface area contributed by atoms with E-state index in [0.717, 1.165) is 15.6 Å². The van der Waals surface area contributed by atoms with E-state index < -0.39 is 5.92 Å². The number of methoxy groups -OCH3 is 2. The zero-order valence-electron chi connectivity index (χ0n) is 14.3. The van der Waals surface area contributed by atoms with Gasteiger partial charge in [-0.3, -0.25) is 4.79 Å². The van der Waals surface area contributed by atoms with Crippen molar-refractivity contribution in [1.29, 1.82) is 0 Å². The number of ether oxygens (including phenoxy) is 2. The largest absolute Gasteiger partial charge is 0.496 e. The highest BCUT2D eigenvalue weighted by Crippen LogP contribution is 2.42. The van der Waals surface area contributed by atoms with Crippen LogP contribution in [0, 0.1) is 0 Å². The highest BCUT2D eigenvalue weighted by molar-refractivity contribution is 9.10. The fourth-order valence-corrected chi connectivity index (χ4v) is 3.60. The van der Waals surface area contributed by atoms with Gasteiger partial charge in [-0.1, -0.05) is 57.9 Å². The molecule has 0 radical (unpaired) electrons. The monoisotopic (exact) mass is 422 g/mol. The molecule has 0 N–H and O–H groups in total. The van der Waals surface area contributed by atoms with Gasteiger partial charge in [0.25, 0.3) is 0 Å². The molecule has 0 aliphatic rings. The Morgan fingerprint density at radius 2 is 1.88 bits per heavy atom. The van der Waals surface area contributed by atoms with Crippen LogP contribution in [0.15, 0.2) is 59.1 Å². The minimum atomic E-state index is -0.538. The summed E-state index contributed by atoms with van der Waals surface area (Å²) in [6, 6.07) is 13.0. The summed E-state index contributed by atoms with van der Waals surface area (Å²) >= 11 is 9.76. The van der Waals surface area contributed by atoms with E-state index in [4.69, 9.17) is 21.1 Å². The van der Waals surface area contributed by atoms with E-state index >= 15 is 0 Å². The molecule has 0 saturated heterocycles. The summed E-state index contributed by atoms with van der Waals surface area (Å²) in [5.74, 6) is -0.473. The molecule has 2 aromatic carbocycles. The van der Waals surface area contributed by atoms with Gasteiger partial charge in [-0.2, -0.15) is 0 Å². The predicted octanol–water partition coefficient (Wildman–Crippen LogP) is 5.73. The fourth-order valence-electron chi connectivity index (χ4n) is 2.89. The van der Waals surface area contributed by atoms with Gasteiger partial charge in [0, 0.05) is 21.0 Å². The van der Waals surface area contributed by atoms with Crippen molar-refractivity contribution in [3.8, 4) is 5.75 Å². The third kappa shape index (κ3) is 4.44. The van der Waals surface area contributed by atoms with Crippen LogP contribution in [0.25, 0.3) is 0 Å². The van der Waals surface area contributed by atoms with Crippen LogP contribution in [0.2, 0.25) is 5.02 Å². The third-order valence-electron chi connectivity index (χ3n) is 4.01. The first-order chi connectivity index (χ1) is 12.0. The van der Waals surface area contributed by atoms with Crippen molar-refractivity contribution >= 4 is 33.5 Å². The van der Waals surface area contributed by atoms with E-state index in [-0.39, 0.29) is 11.9 Å². The van der Waals surface area contributed by atoms with Crippen molar-refractivity contribution in [2.45, 2.75) is 18.8 Å². The highest BCUT2D eigenvalue weighted by Gasteiger charge is 2.33. The third-order valence-corrected chi connectivity index (χ3v) is 4.96. The van der Waals surface area contributed by atoms with Crippen LogP contribution in [0.5, 0.6) is 5.75 Å². The van der Waals surface area contributed by atoms with E-state index in [1.807, 2.05) is 55.5 Å². The molecular formula is C20H20BrClO3. The van der Waals surface area contributed by atoms with Crippen LogP contribution in [-0.2, 0) is 9.53 Å². The maximum absolute atomic E-state index is 12.7. The molecule has 0 heterocycles. The second kappa shape index (κ2) is 9.07. The average Bonchev–Trinajstić information content (AvgIpc) is 2.62. The highest BCUT2D eigenvalue weighted by atomic mass is 79.9. The number of rotatable bonds is 6. The zero-order chi connectivity index (χ0) is 18.4. The molecule has 0 saturated carbocycles. The molecule has 132 valence electrons. The van der Waals surface area contributed by atoms with Gasteiger partial charge in [-0.15, -0.1) is 0 Å². The zero-order valence-corrected chi connectivity index (χ0v) is 16.7. The minimum Gasteiger partial charge on any atom is -0.496 e. The number of benzene rings is 2. The van der Waals surface area contributed by atoms with E-state index in [1.54, 1.807) is 13.2 Å². The van der Waals surface area contributed by atoms with Gasteiger partial charge in [0.05, 0.1) is 20.1 Å². The molecule has 2 rings (SSSR count). The van der Waals surface area contributed by atoms with Crippen LogP contribution < -0.4 is 4.74 Å². The summed E-state index contributed by atoms with van der Waals surface area (Å²) in [4.78, 5) is 12.7. The Bertz CT molecular complexity index is 773. The molecule has 5 heteroatoms. The summed E-state index contributed by atoms with van der Waals surface area (Å²) in [7, 11) is 3.00. The molecule has 0 aromatic heterocycles. The molecule has 2 atom stereocenters. The molecule has 3 nitrogen and oxygen atoms in total. The predicted molar refractivity (Wildman–Crippen MR) is 104 cm³/mol. The lowest BCUT2D eigenvalue weighted by Gasteiger charge is -2.26. The van der Waals surface area contributed by atoms with Crippen LogP contribution in [0.3, 0.4) is 0 Å². The van der Waals surface area contributed by atoms with E-state index in [0.29, 0.717) is 10.8 Å². The van der Waals surface area contributed by atoms with Crippen molar-refractivity contribution < 1.29 is 14.3 Å². The normalized spacial score (nSPS) is 13.5. The molecule has 0 unspecified atom stereocenters. The Hall–Kier alpha value is -1.78. The van der Waals surface area contributed by atoms with Crippen molar-refractivity contribution in [1.82, 2.24) is 0 Å². The van der Waals surface area contributed by atoms with Gasteiger partial charge in [0.1, 0.15) is 5.75 Å². The smallest absolute Gasteiger partial charge is 0.314 e. The van der Waals surface area contributed by atoms with Crippen LogP contribution in [0.4, 0.5) is 0 Å². The summed E-state index contributed by atoms with van der Waals surface area (Å²) in [6.07, 6.45) is 3.88. The lowest BCUT2D eigenvalue weighted by atomic mass is 9.80. The number of hydrogen-bond acceptors (Lipinski definition) is 3. The number of hydrogen-bond donors (Lipinski definition) is 0. The van der Waals surface area contributed by atoms with Gasteiger partial charge in [0.15, 0.2) is 0 Å². The van der Waals surface area contributed by atoms with Gasteiger partial charge in [0.2, 0.25) is 0 Å². The topological polar surface area (TPSA) is 35.5 Å². The fraction of sp³-hybridized carbons (Fsp3) is 0.250. The Balaban J connectivity index is 2.68. The van der Waals surface area contributed by atoms with Crippen LogP contribution in [-0.4, -0.2) is 20.2 Å². The van der Waals surface area contributed by atoms with Gasteiger partial charge in [-0.25, -0.2) is 0 Å². The first-order valence-corrected chi connectivity index (χ1v) is 8.99. The second-order valence-electron chi connectivity index (χ2n) is 5.46. The van der Waals surface area contributed by atoms with Crippen molar-refractivity contribution in [3.63, 3.8) is 0 Å². The second-order valence-corrected chi connectivity index (χ2v) is 6.75. The molecule has 0 fully saturated rings. The van der Waals surface area contributed by atoms with Crippen LogP contribution >= 0.6 is 27.5 Å². The quantitative estimate of drug-likeness (QED) is 0.440. The van der Waals surface area contributed by atoms with Crippen molar-refractivity contribution in [2.24, 2.45) is 0 Å². The lowest BCUT2D eigenvalue weighted by Crippen LogP contribution is -2.22. The Morgan fingerprint density at radius 3 is 2.48 bits per heavy atom. The molecule has 0 aliphatic heterocycles. The van der Waals surface area contributed by atoms with Crippen LogP contribution in [0.1, 0.15) is 29.9 Å². The minimum absolute atomic E-state index is 0.287. The summed E-state index contributed by atoms with van der Waals surface area (Å²) in [5.41, 5.74) is 1.68. The number of carbonyl (C=O) groups excluding carboxylic acids is 1. The molecule has 2 aromatic rings. The van der Waals surface area contributed by atoms with E-state index in [2.05, 4.69) is 15.9 Å². The maximum Gasteiger partial charge on any atom is 0.314 e. The van der Waals surface area contributed by atoms with Gasteiger partial charge in [-0.05, 0) is 36.8 Å². The average molecular weight is 424 g/mol. The molecule has 0 amide bonds. The lowest BCUT2D eigenvalue weighted by molar-refractivity contribution is -0.142. The molecule has 0 aliphatic carbocycles. The van der Waals surface area contributed by atoms with Crippen molar-refractivity contribution in [2.75, 3.05) is 14.2 Å². The van der Waals surface area contributed by atoms with Gasteiger partial charge >= 0.3 is 5.97 Å². The standard InChI is InChI=1S/C20H20BrClO3/c1-4-7-14(16-12-13(22)10-11-18(16)24-2)19(20(23)25-3)15-8-5-6-9-17(15)21/h4-12,14,19H,1-3H3/b7-4+/t14-,19+/m1/s1. The Kier molecular flexibility index (Phi) is 7.09. The molecular weight excluding hydrogens is 404 g/mol. The molecule has 0 bridgehead atoms. The SMILES string of the molecule is C/C=C/[C@H](c1cc(Cl)ccc1OC)[C@H](C(=O)OC)c1ccccc1Br. The maximum atomic E-state index is 12.7. The van der Waals surface area contributed by atoms with E-state index in [9.17, 15) is 4.79 Å². The Labute approximate surface area is 161 Å². The number of carbonyl (C=O) groups is 1. The summed E-state index contributed by atoms with van der Waals surface area (Å²) in [5, 5.41) is 0.584. The number of esters is 1. The first kappa shape index (κ1) is 19.5. The van der Waals surface area contributed by atoms with Gasteiger partial charge < -0.3 is 9.47 Å². The van der Waals surface area contributed by atoms with E-state index in [1.165, 1.54) is 7.11 Å². The molecule has 25 heavy (non-hydrogen) atoms.